The quantitative estimate of drug-likeness (QED) is 0.602. The maximum absolute atomic E-state index is 13.5. The van der Waals surface area contributed by atoms with Crippen LogP contribution in [0.5, 0.6) is 0 Å². The molecule has 1 aliphatic carbocycles. The fraction of sp³-hybridized carbons (Fsp3) is 0.238. The number of carbonyl (C=O) groups is 1. The van der Waals surface area contributed by atoms with Crippen molar-refractivity contribution in [2.75, 3.05) is 0 Å². The highest BCUT2D eigenvalue weighted by atomic mass is 35.5. The van der Waals surface area contributed by atoms with Crippen molar-refractivity contribution in [2.24, 2.45) is 0 Å². The van der Waals surface area contributed by atoms with Crippen molar-refractivity contribution in [1.82, 2.24) is 14.5 Å². The molecule has 3 aromatic rings. The highest BCUT2D eigenvalue weighted by Gasteiger charge is 2.33. The van der Waals surface area contributed by atoms with Gasteiger partial charge >= 0.3 is 0 Å². The van der Waals surface area contributed by atoms with Gasteiger partial charge in [-0.15, -0.1) is 0 Å². The lowest BCUT2D eigenvalue weighted by Gasteiger charge is -2.23. The third-order valence-electron chi connectivity index (χ3n) is 4.79. The third-order valence-corrected chi connectivity index (χ3v) is 5.04. The number of nitrogens with zero attached hydrogens (tertiary/aromatic N) is 3. The lowest BCUT2D eigenvalue weighted by molar-refractivity contribution is 0.0723. The van der Waals surface area contributed by atoms with Gasteiger partial charge < -0.3 is 9.47 Å². The van der Waals surface area contributed by atoms with Crippen LogP contribution in [0.25, 0.3) is 0 Å². The molecule has 2 aromatic carbocycles. The number of imidazole rings is 1. The highest BCUT2D eigenvalue weighted by Crippen LogP contribution is 2.30. The van der Waals surface area contributed by atoms with E-state index in [0.717, 1.165) is 18.9 Å². The number of rotatable bonds is 6. The van der Waals surface area contributed by atoms with E-state index in [4.69, 9.17) is 11.6 Å². The van der Waals surface area contributed by atoms with Gasteiger partial charge in [0.05, 0.1) is 6.54 Å². The summed E-state index contributed by atoms with van der Waals surface area (Å²) in [7, 11) is 0. The third kappa shape index (κ3) is 4.07. The van der Waals surface area contributed by atoms with Crippen LogP contribution in [0.3, 0.4) is 0 Å². The molecule has 1 fully saturated rings. The molecule has 0 bridgehead atoms. The van der Waals surface area contributed by atoms with Gasteiger partial charge in [-0.2, -0.15) is 0 Å². The lowest BCUT2D eigenvalue weighted by atomic mass is 10.2. The van der Waals surface area contributed by atoms with Crippen molar-refractivity contribution < 1.29 is 13.6 Å². The van der Waals surface area contributed by atoms with Crippen LogP contribution in [0.1, 0.15) is 34.6 Å². The molecule has 0 unspecified atom stereocenters. The molecular formula is C21H18ClF2N3O. The van der Waals surface area contributed by atoms with E-state index in [0.29, 0.717) is 35.1 Å². The van der Waals surface area contributed by atoms with Gasteiger partial charge in [-0.1, -0.05) is 17.7 Å². The van der Waals surface area contributed by atoms with Crippen LogP contribution >= 0.6 is 11.6 Å². The SMILES string of the molecule is O=C(c1ccc(Cl)cc1)N(Cc1nccn1Cc1ccc(F)c(F)c1)C1CC1. The molecule has 0 radical (unpaired) electrons. The van der Waals surface area contributed by atoms with Crippen LogP contribution in [0, 0.1) is 11.6 Å². The molecule has 7 heteroatoms. The zero-order valence-electron chi connectivity index (χ0n) is 15.0. The standard InChI is InChI=1S/C21H18ClF2N3O/c22-16-4-2-15(3-5-16)21(28)27(17-6-7-17)13-20-25-9-10-26(20)12-14-1-8-18(23)19(24)11-14/h1-5,8-11,17H,6-7,12-13H2. The number of benzene rings is 2. The Balaban J connectivity index is 1.54. The monoisotopic (exact) mass is 401 g/mol. The fourth-order valence-electron chi connectivity index (χ4n) is 3.13. The van der Waals surface area contributed by atoms with Crippen LogP contribution in [0.15, 0.2) is 54.9 Å². The molecule has 144 valence electrons. The molecule has 0 saturated heterocycles. The van der Waals surface area contributed by atoms with Crippen molar-refractivity contribution in [3.05, 3.63) is 88.5 Å². The summed E-state index contributed by atoms with van der Waals surface area (Å²) in [5.74, 6) is -1.12. The van der Waals surface area contributed by atoms with Crippen LogP contribution in [-0.2, 0) is 13.1 Å². The van der Waals surface area contributed by atoms with Gasteiger partial charge in [-0.05, 0) is 54.8 Å². The summed E-state index contributed by atoms with van der Waals surface area (Å²) < 4.78 is 28.5. The van der Waals surface area contributed by atoms with Gasteiger partial charge in [0, 0.05) is 35.6 Å². The van der Waals surface area contributed by atoms with Crippen molar-refractivity contribution in [1.29, 1.82) is 0 Å². The van der Waals surface area contributed by atoms with Crippen molar-refractivity contribution >= 4 is 17.5 Å². The second-order valence-corrected chi connectivity index (χ2v) is 7.33. The normalized spacial score (nSPS) is 13.5. The molecule has 1 aromatic heterocycles. The summed E-state index contributed by atoms with van der Waals surface area (Å²) in [5.41, 5.74) is 1.20. The number of aromatic nitrogens is 2. The minimum absolute atomic E-state index is 0.0680. The molecule has 0 atom stereocenters. The van der Waals surface area contributed by atoms with Gasteiger partial charge in [0.1, 0.15) is 5.82 Å². The molecule has 28 heavy (non-hydrogen) atoms. The van der Waals surface area contributed by atoms with Gasteiger partial charge in [-0.25, -0.2) is 13.8 Å². The Morgan fingerprint density at radius 2 is 1.89 bits per heavy atom. The molecule has 0 spiro atoms. The summed E-state index contributed by atoms with van der Waals surface area (Å²) in [6.07, 6.45) is 5.34. The summed E-state index contributed by atoms with van der Waals surface area (Å²) in [6.45, 7) is 0.697. The molecule has 1 aliphatic rings. The van der Waals surface area contributed by atoms with Crippen LogP contribution < -0.4 is 0 Å². The number of amides is 1. The van der Waals surface area contributed by atoms with E-state index in [-0.39, 0.29) is 11.9 Å². The van der Waals surface area contributed by atoms with Crippen molar-refractivity contribution in [2.45, 2.75) is 32.0 Å². The first-order valence-electron chi connectivity index (χ1n) is 9.02. The number of hydrogen-bond donors (Lipinski definition) is 0. The number of carbonyl (C=O) groups excluding carboxylic acids is 1. The average Bonchev–Trinajstić information content (AvgIpc) is 3.43. The zero-order chi connectivity index (χ0) is 19.7. The van der Waals surface area contributed by atoms with Crippen LogP contribution in [0.4, 0.5) is 8.78 Å². The zero-order valence-corrected chi connectivity index (χ0v) is 15.7. The van der Waals surface area contributed by atoms with E-state index >= 15 is 0 Å². The second-order valence-electron chi connectivity index (χ2n) is 6.89. The lowest BCUT2D eigenvalue weighted by Crippen LogP contribution is -2.33. The highest BCUT2D eigenvalue weighted by molar-refractivity contribution is 6.30. The molecule has 1 saturated carbocycles. The van der Waals surface area contributed by atoms with Crippen LogP contribution in [-0.4, -0.2) is 26.4 Å². The largest absolute Gasteiger partial charge is 0.329 e. The molecule has 4 rings (SSSR count). The minimum atomic E-state index is -0.878. The van der Waals surface area contributed by atoms with E-state index in [2.05, 4.69) is 4.98 Å². The Hall–Kier alpha value is -2.73. The smallest absolute Gasteiger partial charge is 0.254 e. The molecule has 1 amide bonds. The Bertz CT molecular complexity index is 999. The molecule has 0 aliphatic heterocycles. The van der Waals surface area contributed by atoms with E-state index in [1.807, 2.05) is 9.47 Å². The summed E-state index contributed by atoms with van der Waals surface area (Å²) in [5, 5.41) is 0.580. The van der Waals surface area contributed by atoms with Crippen molar-refractivity contribution in [3.63, 3.8) is 0 Å². The topological polar surface area (TPSA) is 38.1 Å². The number of halogens is 3. The van der Waals surface area contributed by atoms with Crippen molar-refractivity contribution in [3.8, 4) is 0 Å². The summed E-state index contributed by atoms with van der Waals surface area (Å²) in [4.78, 5) is 19.2. The Morgan fingerprint density at radius 1 is 1.14 bits per heavy atom. The summed E-state index contributed by atoms with van der Waals surface area (Å²) >= 11 is 5.92. The van der Waals surface area contributed by atoms with E-state index in [1.165, 1.54) is 6.07 Å². The Labute approximate surface area is 166 Å². The molecular weight excluding hydrogens is 384 g/mol. The van der Waals surface area contributed by atoms with E-state index in [9.17, 15) is 13.6 Å². The van der Waals surface area contributed by atoms with Gasteiger partial charge in [-0.3, -0.25) is 4.79 Å². The second kappa shape index (κ2) is 7.72. The minimum Gasteiger partial charge on any atom is -0.329 e. The first kappa shape index (κ1) is 18.6. The maximum atomic E-state index is 13.5. The predicted molar refractivity (Wildman–Crippen MR) is 102 cm³/mol. The van der Waals surface area contributed by atoms with Gasteiger partial charge in [0.15, 0.2) is 11.6 Å². The average molecular weight is 402 g/mol. The molecule has 1 heterocycles. The van der Waals surface area contributed by atoms with Gasteiger partial charge in [0.2, 0.25) is 0 Å². The summed E-state index contributed by atoms with van der Waals surface area (Å²) in [6, 6.07) is 10.9. The Morgan fingerprint density at radius 3 is 2.57 bits per heavy atom. The molecule has 0 N–H and O–H groups in total. The number of hydrogen-bond acceptors (Lipinski definition) is 2. The van der Waals surface area contributed by atoms with Gasteiger partial charge in [0.25, 0.3) is 5.91 Å². The first-order valence-corrected chi connectivity index (χ1v) is 9.39. The van der Waals surface area contributed by atoms with E-state index < -0.39 is 11.6 Å². The predicted octanol–water partition coefficient (Wildman–Crippen LogP) is 4.67. The fourth-order valence-corrected chi connectivity index (χ4v) is 3.26. The van der Waals surface area contributed by atoms with E-state index in [1.54, 1.807) is 42.7 Å². The maximum Gasteiger partial charge on any atom is 0.254 e. The first-order chi connectivity index (χ1) is 13.5. The molecule has 4 nitrogen and oxygen atoms in total. The van der Waals surface area contributed by atoms with Crippen LogP contribution in [0.2, 0.25) is 5.02 Å². The Kier molecular flexibility index (Phi) is 5.13.